The largest absolute Gasteiger partial charge is 1.00 e. The summed E-state index contributed by atoms with van der Waals surface area (Å²) >= 11 is 4.81. The first-order valence-electron chi connectivity index (χ1n) is 2.17. The zero-order valence-corrected chi connectivity index (χ0v) is 6.89. The number of thiocarbonyl (C=S) groups is 1. The van der Waals surface area contributed by atoms with Crippen molar-refractivity contribution in [3.63, 3.8) is 0 Å². The van der Waals surface area contributed by atoms with E-state index in [9.17, 15) is 0 Å². The van der Waals surface area contributed by atoms with Crippen LogP contribution in [0.1, 0.15) is 6.42 Å². The standard InChI is InChI=1S/C6H5S.ClH.Li/c7-6-4-2-1-3-5-6;;/h1-3H,4H2;1H;/q-1;;+1. The predicted octanol–water partition coefficient (Wildman–Crippen LogP) is -0.899. The number of allylic oxidation sites excluding steroid dienone is 4. The molecule has 0 radical (unpaired) electrons. The minimum atomic E-state index is 0. The van der Waals surface area contributed by atoms with Crippen LogP contribution in [0.15, 0.2) is 18.2 Å². The molecule has 44 valence electrons. The van der Waals surface area contributed by atoms with Gasteiger partial charge in [0.05, 0.1) is 0 Å². The third-order valence-electron chi connectivity index (χ3n) is 0.780. The first-order valence-corrected chi connectivity index (χ1v) is 2.58. The van der Waals surface area contributed by atoms with E-state index < -0.39 is 0 Å². The Morgan fingerprint density at radius 3 is 2.44 bits per heavy atom. The van der Waals surface area contributed by atoms with Crippen molar-refractivity contribution < 1.29 is 18.9 Å². The molecule has 0 heterocycles. The minimum absolute atomic E-state index is 0. The molecule has 0 nitrogen and oxygen atoms in total. The van der Waals surface area contributed by atoms with Crippen LogP contribution in [-0.4, -0.2) is 4.86 Å². The molecular weight excluding hydrogens is 147 g/mol. The summed E-state index contributed by atoms with van der Waals surface area (Å²) in [5.74, 6) is 0. The zero-order valence-electron chi connectivity index (χ0n) is 5.26. The second-order valence-electron chi connectivity index (χ2n) is 1.37. The molecule has 0 N–H and O–H groups in total. The van der Waals surface area contributed by atoms with Gasteiger partial charge in [-0.3, -0.25) is 0 Å². The Morgan fingerprint density at radius 1 is 1.56 bits per heavy atom. The molecule has 1 rings (SSSR count). The first kappa shape index (κ1) is 12.2. The molecule has 0 aromatic rings. The fourth-order valence-corrected chi connectivity index (χ4v) is 0.607. The van der Waals surface area contributed by atoms with Gasteiger partial charge in [0.1, 0.15) is 0 Å². The van der Waals surface area contributed by atoms with Gasteiger partial charge >= 0.3 is 18.9 Å². The van der Waals surface area contributed by atoms with Gasteiger partial charge in [0.2, 0.25) is 0 Å². The van der Waals surface area contributed by atoms with Gasteiger partial charge < -0.3 is 0 Å². The second-order valence-corrected chi connectivity index (χ2v) is 1.86. The van der Waals surface area contributed by atoms with E-state index in [0.29, 0.717) is 0 Å². The number of hydrogen-bond donors (Lipinski definition) is 0. The normalized spacial score (nSPS) is 14.0. The van der Waals surface area contributed by atoms with Crippen molar-refractivity contribution in [2.24, 2.45) is 0 Å². The molecule has 1 aliphatic carbocycles. The molecule has 0 spiro atoms. The van der Waals surface area contributed by atoms with Gasteiger partial charge in [-0.2, -0.15) is 6.08 Å². The van der Waals surface area contributed by atoms with Crippen molar-refractivity contribution in [2.75, 3.05) is 0 Å². The van der Waals surface area contributed by atoms with Crippen molar-refractivity contribution in [3.05, 3.63) is 24.3 Å². The molecule has 1 aliphatic rings. The van der Waals surface area contributed by atoms with E-state index in [2.05, 4.69) is 6.08 Å². The molecule has 0 atom stereocenters. The van der Waals surface area contributed by atoms with E-state index in [-0.39, 0.29) is 31.3 Å². The van der Waals surface area contributed by atoms with Crippen molar-refractivity contribution in [2.45, 2.75) is 6.42 Å². The van der Waals surface area contributed by atoms with E-state index in [0.717, 1.165) is 11.3 Å². The molecule has 0 aromatic heterocycles. The molecular formula is C6H6ClLiS. The SMILES string of the molecule is Cl.S=C1[C-]=CC=CC1.[Li+]. The third kappa shape index (κ3) is 4.93. The van der Waals surface area contributed by atoms with Gasteiger partial charge in [-0.05, 0) is 6.42 Å². The van der Waals surface area contributed by atoms with E-state index in [1.165, 1.54) is 0 Å². The van der Waals surface area contributed by atoms with Crippen LogP contribution in [0.25, 0.3) is 0 Å². The second kappa shape index (κ2) is 6.58. The van der Waals surface area contributed by atoms with Gasteiger partial charge in [-0.15, -0.1) is 24.6 Å². The molecule has 3 heteroatoms. The maximum Gasteiger partial charge on any atom is 1.00 e. The molecule has 0 aromatic carbocycles. The molecule has 0 fully saturated rings. The number of rotatable bonds is 0. The molecule has 0 saturated heterocycles. The Bertz CT molecular complexity index is 140. The Hall–Kier alpha value is 0.457. The van der Waals surface area contributed by atoms with E-state index in [4.69, 9.17) is 12.2 Å². The van der Waals surface area contributed by atoms with Gasteiger partial charge in [-0.25, -0.2) is 18.2 Å². The van der Waals surface area contributed by atoms with E-state index in [1.807, 2.05) is 18.2 Å². The van der Waals surface area contributed by atoms with Crippen molar-refractivity contribution in [1.82, 2.24) is 0 Å². The monoisotopic (exact) mass is 152 g/mol. The van der Waals surface area contributed by atoms with Gasteiger partial charge in [-0.1, -0.05) is 4.86 Å². The van der Waals surface area contributed by atoms with Crippen LogP contribution < -0.4 is 18.9 Å². The van der Waals surface area contributed by atoms with Gasteiger partial charge in [0.15, 0.2) is 0 Å². The van der Waals surface area contributed by atoms with E-state index in [1.54, 1.807) is 0 Å². The maximum atomic E-state index is 4.81. The smallest absolute Gasteiger partial charge is 0.235 e. The summed E-state index contributed by atoms with van der Waals surface area (Å²) in [6.07, 6.45) is 9.62. The number of hydrogen-bond acceptors (Lipinski definition) is 1. The summed E-state index contributed by atoms with van der Waals surface area (Å²) in [6.45, 7) is 0. The predicted molar refractivity (Wildman–Crippen MR) is 41.4 cm³/mol. The maximum absolute atomic E-state index is 4.81. The average Bonchev–Trinajstić information content (AvgIpc) is 1.69. The Kier molecular flexibility index (Phi) is 8.89. The van der Waals surface area contributed by atoms with Crippen LogP contribution in [0.3, 0.4) is 0 Å². The summed E-state index contributed by atoms with van der Waals surface area (Å²) in [7, 11) is 0. The summed E-state index contributed by atoms with van der Waals surface area (Å²) in [4.78, 5) is 0.905. The van der Waals surface area contributed by atoms with Crippen LogP contribution in [0.2, 0.25) is 0 Å². The van der Waals surface area contributed by atoms with Crippen LogP contribution >= 0.6 is 24.6 Å². The van der Waals surface area contributed by atoms with Crippen LogP contribution in [0.4, 0.5) is 0 Å². The molecule has 0 bridgehead atoms. The third-order valence-corrected chi connectivity index (χ3v) is 1.06. The Morgan fingerprint density at radius 2 is 2.22 bits per heavy atom. The van der Waals surface area contributed by atoms with Gasteiger partial charge in [0, 0.05) is 0 Å². The van der Waals surface area contributed by atoms with Crippen LogP contribution in [0.5, 0.6) is 0 Å². The summed E-state index contributed by atoms with van der Waals surface area (Å²) < 4.78 is 0. The van der Waals surface area contributed by atoms with E-state index >= 15 is 0 Å². The summed E-state index contributed by atoms with van der Waals surface area (Å²) in [6, 6.07) is 0. The van der Waals surface area contributed by atoms with Crippen molar-refractivity contribution >= 4 is 29.5 Å². The Balaban J connectivity index is 0. The fraction of sp³-hybridized carbons (Fsp3) is 0.167. The first-order chi connectivity index (χ1) is 3.39. The fourth-order valence-electron chi connectivity index (χ4n) is 0.443. The van der Waals surface area contributed by atoms with Crippen LogP contribution in [-0.2, 0) is 0 Å². The quantitative estimate of drug-likeness (QED) is 0.246. The Labute approximate surface area is 79.0 Å². The van der Waals surface area contributed by atoms with Gasteiger partial charge in [0.25, 0.3) is 0 Å². The number of halogens is 1. The summed E-state index contributed by atoms with van der Waals surface area (Å²) in [5.41, 5.74) is 0. The zero-order chi connectivity index (χ0) is 5.11. The molecule has 9 heavy (non-hydrogen) atoms. The van der Waals surface area contributed by atoms with Crippen molar-refractivity contribution in [3.8, 4) is 0 Å². The minimum Gasteiger partial charge on any atom is -0.235 e. The average molecular weight is 153 g/mol. The van der Waals surface area contributed by atoms with Crippen LogP contribution in [0, 0.1) is 6.08 Å². The molecule has 0 amide bonds. The summed E-state index contributed by atoms with van der Waals surface area (Å²) in [5, 5.41) is 0. The van der Waals surface area contributed by atoms with Crippen molar-refractivity contribution in [1.29, 1.82) is 0 Å². The molecule has 0 aliphatic heterocycles. The topological polar surface area (TPSA) is 0 Å². The molecule has 0 saturated carbocycles. The molecule has 0 unspecified atom stereocenters.